The van der Waals surface area contributed by atoms with Gasteiger partial charge in [0, 0.05) is 18.2 Å². The van der Waals surface area contributed by atoms with E-state index in [2.05, 4.69) is 0 Å². The lowest BCUT2D eigenvalue weighted by Crippen LogP contribution is -2.34. The molecule has 6 atom stereocenters. The van der Waals surface area contributed by atoms with Crippen molar-refractivity contribution in [3.8, 4) is 0 Å². The van der Waals surface area contributed by atoms with Crippen molar-refractivity contribution in [2.24, 2.45) is 46.4 Å². The van der Waals surface area contributed by atoms with E-state index < -0.39 is 0 Å². The Balaban J connectivity index is 1.37. The zero-order valence-corrected chi connectivity index (χ0v) is 14.2. The Kier molecular flexibility index (Phi) is 3.60. The van der Waals surface area contributed by atoms with Crippen LogP contribution in [0.4, 0.5) is 0 Å². The lowest BCUT2D eigenvalue weighted by Gasteiger charge is -2.41. The first kappa shape index (κ1) is 14.1. The zero-order chi connectivity index (χ0) is 14.5. The summed E-state index contributed by atoms with van der Waals surface area (Å²) in [5.74, 6) is 7.45. The van der Waals surface area contributed by atoms with Crippen molar-refractivity contribution in [1.82, 2.24) is 0 Å². The summed E-state index contributed by atoms with van der Waals surface area (Å²) < 4.78 is 0. The molecule has 0 aromatic heterocycles. The molecule has 4 fully saturated rings. The van der Waals surface area contributed by atoms with Gasteiger partial charge in [-0.2, -0.15) is 0 Å². The number of hydrogen-bond acceptors (Lipinski definition) is 1. The summed E-state index contributed by atoms with van der Waals surface area (Å²) >= 11 is 0. The average molecular weight is 300 g/mol. The standard InChI is InChI=1S/C21H33N/c1-2-5-14(6-3-1)15-9-10-16-18-11-12-22-20-8-4-7-17(21(18)20)19(16)13-15/h14-19,21H,1-13H2. The first-order chi connectivity index (χ1) is 10.9. The molecule has 0 saturated heterocycles. The molecule has 0 N–H and O–H groups in total. The minimum Gasteiger partial charge on any atom is -0.294 e. The van der Waals surface area contributed by atoms with E-state index in [-0.39, 0.29) is 0 Å². The number of nitrogens with zero attached hydrogens (tertiary/aromatic N) is 1. The third-order valence-electron chi connectivity index (χ3n) is 8.47. The molecule has 0 aromatic rings. The van der Waals surface area contributed by atoms with Crippen LogP contribution in [0.3, 0.4) is 0 Å². The molecule has 1 nitrogen and oxygen atoms in total. The normalized spacial score (nSPS) is 48.5. The van der Waals surface area contributed by atoms with Crippen molar-refractivity contribution in [1.29, 1.82) is 0 Å². The van der Waals surface area contributed by atoms with Gasteiger partial charge in [-0.15, -0.1) is 0 Å². The molecule has 5 aliphatic rings. The molecule has 1 heteroatoms. The van der Waals surface area contributed by atoms with E-state index in [1.165, 1.54) is 45.1 Å². The van der Waals surface area contributed by atoms with E-state index in [9.17, 15) is 0 Å². The topological polar surface area (TPSA) is 12.4 Å². The number of aliphatic imine (C=N–C) groups is 1. The van der Waals surface area contributed by atoms with Crippen LogP contribution in [0.25, 0.3) is 0 Å². The van der Waals surface area contributed by atoms with E-state index in [0.29, 0.717) is 0 Å². The molecule has 5 rings (SSSR count). The van der Waals surface area contributed by atoms with E-state index in [0.717, 1.165) is 41.4 Å². The van der Waals surface area contributed by atoms with Crippen LogP contribution in [0.15, 0.2) is 4.99 Å². The van der Waals surface area contributed by atoms with Gasteiger partial charge in [0.25, 0.3) is 0 Å². The smallest absolute Gasteiger partial charge is 0.0391 e. The average Bonchev–Trinajstić information content (AvgIpc) is 2.92. The number of rotatable bonds is 1. The van der Waals surface area contributed by atoms with Gasteiger partial charge in [0.05, 0.1) is 0 Å². The van der Waals surface area contributed by atoms with Crippen LogP contribution in [-0.2, 0) is 0 Å². The van der Waals surface area contributed by atoms with E-state index in [1.54, 1.807) is 44.2 Å². The Bertz CT molecular complexity index is 447. The van der Waals surface area contributed by atoms with Crippen molar-refractivity contribution < 1.29 is 0 Å². The molecule has 0 radical (unpaired) electrons. The first-order valence-corrected chi connectivity index (χ1v) is 10.4. The second kappa shape index (κ2) is 5.64. The van der Waals surface area contributed by atoms with Gasteiger partial charge in [-0.3, -0.25) is 4.99 Å². The minimum atomic E-state index is 0.947. The molecular formula is C21H33N. The highest BCUT2D eigenvalue weighted by Crippen LogP contribution is 2.60. The van der Waals surface area contributed by atoms with Gasteiger partial charge in [-0.05, 0) is 80.5 Å². The highest BCUT2D eigenvalue weighted by Gasteiger charge is 2.55. The lowest BCUT2D eigenvalue weighted by molar-refractivity contribution is 0.0963. The molecule has 4 aliphatic carbocycles. The monoisotopic (exact) mass is 299 g/mol. The van der Waals surface area contributed by atoms with Crippen molar-refractivity contribution in [2.45, 2.75) is 77.0 Å². The Morgan fingerprint density at radius 3 is 2.41 bits per heavy atom. The van der Waals surface area contributed by atoms with E-state index in [4.69, 9.17) is 4.99 Å². The number of fused-ring (bicyclic) bond motifs is 3. The van der Waals surface area contributed by atoms with Gasteiger partial charge in [0.1, 0.15) is 0 Å². The van der Waals surface area contributed by atoms with Crippen molar-refractivity contribution in [3.63, 3.8) is 0 Å². The molecule has 1 heterocycles. The maximum Gasteiger partial charge on any atom is 0.0391 e. The number of hydrogen-bond donors (Lipinski definition) is 0. The summed E-state index contributed by atoms with van der Waals surface area (Å²) in [6.07, 6.45) is 18.2. The van der Waals surface area contributed by atoms with Crippen LogP contribution in [0.5, 0.6) is 0 Å². The van der Waals surface area contributed by atoms with Gasteiger partial charge in [-0.25, -0.2) is 0 Å². The first-order valence-electron chi connectivity index (χ1n) is 10.4. The second-order valence-corrected chi connectivity index (χ2v) is 9.21. The van der Waals surface area contributed by atoms with Gasteiger partial charge in [0.2, 0.25) is 0 Å². The largest absolute Gasteiger partial charge is 0.294 e. The van der Waals surface area contributed by atoms with Gasteiger partial charge in [-0.1, -0.05) is 32.1 Å². The molecule has 122 valence electrons. The summed E-state index contributed by atoms with van der Waals surface area (Å²) in [5.41, 5.74) is 1.68. The van der Waals surface area contributed by atoms with Crippen LogP contribution in [0.2, 0.25) is 0 Å². The third-order valence-corrected chi connectivity index (χ3v) is 8.47. The minimum absolute atomic E-state index is 0.947. The van der Waals surface area contributed by atoms with Crippen LogP contribution >= 0.6 is 0 Å². The van der Waals surface area contributed by atoms with Crippen LogP contribution in [-0.4, -0.2) is 12.3 Å². The van der Waals surface area contributed by atoms with Gasteiger partial charge >= 0.3 is 0 Å². The molecule has 0 aromatic carbocycles. The highest BCUT2D eigenvalue weighted by molar-refractivity contribution is 5.89. The molecule has 0 spiro atoms. The van der Waals surface area contributed by atoms with Crippen molar-refractivity contribution in [3.05, 3.63) is 0 Å². The van der Waals surface area contributed by atoms with Crippen LogP contribution in [0, 0.1) is 41.4 Å². The Morgan fingerprint density at radius 1 is 0.636 bits per heavy atom. The molecule has 1 aliphatic heterocycles. The molecule has 22 heavy (non-hydrogen) atoms. The predicted molar refractivity (Wildman–Crippen MR) is 92.1 cm³/mol. The van der Waals surface area contributed by atoms with E-state index >= 15 is 0 Å². The summed E-state index contributed by atoms with van der Waals surface area (Å²) in [5, 5.41) is 0. The summed E-state index contributed by atoms with van der Waals surface area (Å²) in [6, 6.07) is 0. The Morgan fingerprint density at radius 2 is 1.50 bits per heavy atom. The maximum absolute atomic E-state index is 4.98. The van der Waals surface area contributed by atoms with E-state index in [1.807, 2.05) is 0 Å². The molecule has 0 amide bonds. The fraction of sp³-hybridized carbons (Fsp3) is 0.952. The van der Waals surface area contributed by atoms with Crippen molar-refractivity contribution >= 4 is 5.71 Å². The molecule has 4 saturated carbocycles. The predicted octanol–water partition coefficient (Wildman–Crippen LogP) is 5.49. The quantitative estimate of drug-likeness (QED) is 0.607. The molecular weight excluding hydrogens is 266 g/mol. The Labute approximate surface area is 136 Å². The fourth-order valence-corrected chi connectivity index (χ4v) is 7.68. The third kappa shape index (κ3) is 2.13. The van der Waals surface area contributed by atoms with Crippen molar-refractivity contribution in [2.75, 3.05) is 6.54 Å². The molecule has 0 bridgehead atoms. The van der Waals surface area contributed by atoms with Crippen LogP contribution in [0.1, 0.15) is 77.0 Å². The lowest BCUT2D eigenvalue weighted by atomic mass is 9.65. The highest BCUT2D eigenvalue weighted by atomic mass is 14.8. The zero-order valence-electron chi connectivity index (χ0n) is 14.2. The second-order valence-electron chi connectivity index (χ2n) is 9.21. The summed E-state index contributed by atoms with van der Waals surface area (Å²) in [6.45, 7) is 1.17. The SMILES string of the molecule is C1CCC(C2CCC3C(C2)C2CCCC4=NCCC3C42)CC1. The maximum atomic E-state index is 4.98. The van der Waals surface area contributed by atoms with Crippen LogP contribution < -0.4 is 0 Å². The fourth-order valence-electron chi connectivity index (χ4n) is 7.68. The molecule has 6 unspecified atom stereocenters. The summed E-state index contributed by atoms with van der Waals surface area (Å²) in [7, 11) is 0. The Hall–Kier alpha value is -0.330. The van der Waals surface area contributed by atoms with Gasteiger partial charge < -0.3 is 0 Å². The van der Waals surface area contributed by atoms with Gasteiger partial charge in [0.15, 0.2) is 0 Å². The summed E-state index contributed by atoms with van der Waals surface area (Å²) in [4.78, 5) is 4.98.